The summed E-state index contributed by atoms with van der Waals surface area (Å²) in [5, 5.41) is 3.00. The summed E-state index contributed by atoms with van der Waals surface area (Å²) in [4.78, 5) is 14.4. The fourth-order valence-electron chi connectivity index (χ4n) is 2.66. The van der Waals surface area contributed by atoms with E-state index in [4.69, 9.17) is 5.73 Å². The summed E-state index contributed by atoms with van der Waals surface area (Å²) in [7, 11) is 1.83. The van der Waals surface area contributed by atoms with E-state index < -0.39 is 0 Å². The van der Waals surface area contributed by atoms with Crippen molar-refractivity contribution in [3.8, 4) is 0 Å². The average Bonchev–Trinajstić information content (AvgIpc) is 2.92. The normalized spacial score (nSPS) is 20.2. The molecule has 2 rings (SSSR count). The van der Waals surface area contributed by atoms with E-state index in [1.54, 1.807) is 16.8 Å². The summed E-state index contributed by atoms with van der Waals surface area (Å²) < 4.78 is 1.76. The van der Waals surface area contributed by atoms with Crippen molar-refractivity contribution in [2.45, 2.75) is 25.8 Å². The van der Waals surface area contributed by atoms with Crippen molar-refractivity contribution in [1.29, 1.82) is 0 Å². The SMILES string of the molecule is CCN1CCCC1CNC(=O)c1cc(N)cn1C. The molecule has 1 fully saturated rings. The lowest BCUT2D eigenvalue weighted by molar-refractivity contribution is 0.0933. The maximum Gasteiger partial charge on any atom is 0.268 e. The fraction of sp³-hybridized carbons (Fsp3) is 0.615. The molecule has 0 radical (unpaired) electrons. The molecule has 5 nitrogen and oxygen atoms in total. The number of hydrogen-bond acceptors (Lipinski definition) is 3. The van der Waals surface area contributed by atoms with E-state index in [-0.39, 0.29) is 5.91 Å². The van der Waals surface area contributed by atoms with Gasteiger partial charge in [-0.2, -0.15) is 0 Å². The zero-order valence-electron chi connectivity index (χ0n) is 11.1. The summed E-state index contributed by atoms with van der Waals surface area (Å²) >= 11 is 0. The van der Waals surface area contributed by atoms with Crippen molar-refractivity contribution in [3.63, 3.8) is 0 Å². The minimum absolute atomic E-state index is 0.0443. The van der Waals surface area contributed by atoms with E-state index in [0.717, 1.165) is 19.6 Å². The summed E-state index contributed by atoms with van der Waals surface area (Å²) in [5.41, 5.74) is 6.91. The van der Waals surface area contributed by atoms with Gasteiger partial charge >= 0.3 is 0 Å². The van der Waals surface area contributed by atoms with Gasteiger partial charge in [0, 0.05) is 25.8 Å². The van der Waals surface area contributed by atoms with Crippen LogP contribution < -0.4 is 11.1 Å². The molecule has 1 aromatic rings. The van der Waals surface area contributed by atoms with Gasteiger partial charge in [0.1, 0.15) is 5.69 Å². The number of carbonyl (C=O) groups is 1. The molecule has 0 aliphatic carbocycles. The molecule has 0 aromatic carbocycles. The van der Waals surface area contributed by atoms with E-state index >= 15 is 0 Å². The lowest BCUT2D eigenvalue weighted by Crippen LogP contribution is -2.40. The van der Waals surface area contributed by atoms with Crippen LogP contribution in [0, 0.1) is 0 Å². The molecule has 0 saturated carbocycles. The maximum atomic E-state index is 12.0. The molecule has 18 heavy (non-hydrogen) atoms. The number of rotatable bonds is 4. The van der Waals surface area contributed by atoms with E-state index in [2.05, 4.69) is 17.1 Å². The third-order valence-electron chi connectivity index (χ3n) is 3.66. The number of anilines is 1. The van der Waals surface area contributed by atoms with Crippen LogP contribution in [0.2, 0.25) is 0 Å². The van der Waals surface area contributed by atoms with E-state index in [9.17, 15) is 4.79 Å². The van der Waals surface area contributed by atoms with Crippen LogP contribution in [0.5, 0.6) is 0 Å². The highest BCUT2D eigenvalue weighted by Crippen LogP contribution is 2.16. The second-order valence-corrected chi connectivity index (χ2v) is 4.90. The second kappa shape index (κ2) is 5.44. The number of nitrogen functional groups attached to an aromatic ring is 1. The molecule has 1 unspecified atom stereocenters. The van der Waals surface area contributed by atoms with Gasteiger partial charge in [0.2, 0.25) is 0 Å². The van der Waals surface area contributed by atoms with E-state index in [1.165, 1.54) is 12.8 Å². The molecule has 1 aliphatic heterocycles. The molecule has 1 atom stereocenters. The minimum atomic E-state index is -0.0443. The third kappa shape index (κ3) is 2.67. The Kier molecular flexibility index (Phi) is 3.91. The van der Waals surface area contributed by atoms with E-state index in [0.29, 0.717) is 17.4 Å². The number of nitrogens with zero attached hydrogens (tertiary/aromatic N) is 2. The lowest BCUT2D eigenvalue weighted by atomic mass is 10.2. The number of carbonyl (C=O) groups excluding carboxylic acids is 1. The topological polar surface area (TPSA) is 63.3 Å². The van der Waals surface area contributed by atoms with Crippen LogP contribution in [-0.4, -0.2) is 41.1 Å². The first-order valence-corrected chi connectivity index (χ1v) is 6.56. The third-order valence-corrected chi connectivity index (χ3v) is 3.66. The van der Waals surface area contributed by atoms with Crippen molar-refractivity contribution in [3.05, 3.63) is 18.0 Å². The molecule has 100 valence electrons. The Hall–Kier alpha value is -1.49. The molecular weight excluding hydrogens is 228 g/mol. The maximum absolute atomic E-state index is 12.0. The first-order chi connectivity index (χ1) is 8.61. The van der Waals surface area contributed by atoms with Gasteiger partial charge in [-0.3, -0.25) is 9.69 Å². The average molecular weight is 250 g/mol. The molecule has 3 N–H and O–H groups in total. The largest absolute Gasteiger partial charge is 0.397 e. The Bertz CT molecular complexity index is 427. The van der Waals surface area contributed by atoms with Gasteiger partial charge in [0.15, 0.2) is 0 Å². The lowest BCUT2D eigenvalue weighted by Gasteiger charge is -2.22. The van der Waals surface area contributed by atoms with Gasteiger partial charge in [0.25, 0.3) is 5.91 Å². The molecule has 1 aliphatic rings. The smallest absolute Gasteiger partial charge is 0.268 e. The molecule has 1 amide bonds. The zero-order chi connectivity index (χ0) is 13.1. The van der Waals surface area contributed by atoms with Gasteiger partial charge < -0.3 is 15.6 Å². The Balaban J connectivity index is 1.90. The number of aryl methyl sites for hydroxylation is 1. The standard InChI is InChI=1S/C13H22N4O/c1-3-17-6-4-5-11(17)8-15-13(18)12-7-10(14)9-16(12)2/h7,9,11H,3-6,8,14H2,1-2H3,(H,15,18). The number of nitrogens with one attached hydrogen (secondary N) is 1. The molecular formula is C13H22N4O. The molecule has 1 saturated heterocycles. The second-order valence-electron chi connectivity index (χ2n) is 4.90. The Morgan fingerprint density at radius 2 is 2.39 bits per heavy atom. The quantitative estimate of drug-likeness (QED) is 0.831. The van der Waals surface area contributed by atoms with Gasteiger partial charge in [-0.15, -0.1) is 0 Å². The summed E-state index contributed by atoms with van der Waals surface area (Å²) in [6.07, 6.45) is 4.15. The number of likely N-dealkylation sites (N-methyl/N-ethyl adjacent to an activating group) is 1. The van der Waals surface area contributed by atoms with Crippen LogP contribution in [0.25, 0.3) is 0 Å². The number of hydrogen-bond donors (Lipinski definition) is 2. The molecule has 2 heterocycles. The van der Waals surface area contributed by atoms with Crippen LogP contribution in [0.3, 0.4) is 0 Å². The summed E-state index contributed by atoms with van der Waals surface area (Å²) in [6.45, 7) is 5.08. The van der Waals surface area contributed by atoms with Gasteiger partial charge in [0.05, 0.1) is 5.69 Å². The van der Waals surface area contributed by atoms with Crippen molar-refractivity contribution in [1.82, 2.24) is 14.8 Å². The highest BCUT2D eigenvalue weighted by Gasteiger charge is 2.23. The highest BCUT2D eigenvalue weighted by atomic mass is 16.1. The van der Waals surface area contributed by atoms with Crippen LogP contribution in [-0.2, 0) is 7.05 Å². The molecule has 0 spiro atoms. The Morgan fingerprint density at radius 1 is 1.61 bits per heavy atom. The number of amides is 1. The van der Waals surface area contributed by atoms with Crippen LogP contribution in [0.1, 0.15) is 30.3 Å². The highest BCUT2D eigenvalue weighted by molar-refractivity contribution is 5.93. The predicted molar refractivity (Wildman–Crippen MR) is 72.4 cm³/mol. The van der Waals surface area contributed by atoms with Crippen molar-refractivity contribution >= 4 is 11.6 Å². The van der Waals surface area contributed by atoms with Gasteiger partial charge in [-0.05, 0) is 32.0 Å². The number of aromatic nitrogens is 1. The van der Waals surface area contributed by atoms with Crippen molar-refractivity contribution < 1.29 is 4.79 Å². The zero-order valence-corrected chi connectivity index (χ0v) is 11.1. The van der Waals surface area contributed by atoms with Gasteiger partial charge in [-0.25, -0.2) is 0 Å². The monoisotopic (exact) mass is 250 g/mol. The van der Waals surface area contributed by atoms with Crippen LogP contribution >= 0.6 is 0 Å². The Labute approximate surface area is 108 Å². The van der Waals surface area contributed by atoms with Crippen molar-refractivity contribution in [2.24, 2.45) is 7.05 Å². The number of nitrogens with two attached hydrogens (primary N) is 1. The predicted octanol–water partition coefficient (Wildman–Crippen LogP) is 0.821. The fourth-order valence-corrected chi connectivity index (χ4v) is 2.66. The minimum Gasteiger partial charge on any atom is -0.397 e. The Morgan fingerprint density at radius 3 is 3.00 bits per heavy atom. The first-order valence-electron chi connectivity index (χ1n) is 6.56. The van der Waals surface area contributed by atoms with Crippen molar-refractivity contribution in [2.75, 3.05) is 25.4 Å². The van der Waals surface area contributed by atoms with Gasteiger partial charge in [-0.1, -0.05) is 6.92 Å². The van der Waals surface area contributed by atoms with Crippen LogP contribution in [0.15, 0.2) is 12.3 Å². The first kappa shape index (κ1) is 13.0. The molecule has 5 heteroatoms. The molecule has 0 bridgehead atoms. The van der Waals surface area contributed by atoms with E-state index in [1.807, 2.05) is 7.05 Å². The number of likely N-dealkylation sites (tertiary alicyclic amines) is 1. The summed E-state index contributed by atoms with van der Waals surface area (Å²) in [5.74, 6) is -0.0443. The van der Waals surface area contributed by atoms with Crippen LogP contribution in [0.4, 0.5) is 5.69 Å². The molecule has 1 aromatic heterocycles. The summed E-state index contributed by atoms with van der Waals surface area (Å²) in [6, 6.07) is 2.19.